The molecule has 2 rings (SSSR count). The van der Waals surface area contributed by atoms with E-state index in [0.29, 0.717) is 13.2 Å². The molecular formula is C16H23BrIN3O2S. The lowest BCUT2D eigenvalue weighted by Gasteiger charge is -2.11. The summed E-state index contributed by atoms with van der Waals surface area (Å²) in [5, 5.41) is 6.60. The van der Waals surface area contributed by atoms with Gasteiger partial charge in [-0.3, -0.25) is 4.99 Å². The van der Waals surface area contributed by atoms with Crippen LogP contribution in [0.3, 0.4) is 0 Å². The minimum atomic E-state index is 0. The second kappa shape index (κ2) is 12.7. The molecule has 0 aliphatic heterocycles. The molecule has 134 valence electrons. The molecule has 2 aromatic heterocycles. The molecule has 0 aromatic carbocycles. The van der Waals surface area contributed by atoms with Crippen LogP contribution in [0.25, 0.3) is 0 Å². The van der Waals surface area contributed by atoms with Crippen molar-refractivity contribution in [3.8, 4) is 0 Å². The molecule has 0 unspecified atom stereocenters. The van der Waals surface area contributed by atoms with Gasteiger partial charge in [0.25, 0.3) is 0 Å². The van der Waals surface area contributed by atoms with Crippen molar-refractivity contribution >= 4 is 57.2 Å². The zero-order chi connectivity index (χ0) is 16.3. The summed E-state index contributed by atoms with van der Waals surface area (Å²) >= 11 is 5.24. The first-order valence-electron chi connectivity index (χ1n) is 7.57. The lowest BCUT2D eigenvalue weighted by molar-refractivity contribution is 0.105. The molecule has 8 heteroatoms. The largest absolute Gasteiger partial charge is 0.467 e. The fraction of sp³-hybridized carbons (Fsp3) is 0.438. The lowest BCUT2D eigenvalue weighted by atomic mass is 10.3. The molecule has 2 aromatic rings. The number of nitrogens with zero attached hydrogens (tertiary/aromatic N) is 1. The molecule has 0 bridgehead atoms. The van der Waals surface area contributed by atoms with Crippen molar-refractivity contribution in [1.82, 2.24) is 10.6 Å². The van der Waals surface area contributed by atoms with Gasteiger partial charge in [-0.15, -0.1) is 35.3 Å². The molecule has 24 heavy (non-hydrogen) atoms. The Hall–Kier alpha value is -0.580. The van der Waals surface area contributed by atoms with Gasteiger partial charge >= 0.3 is 0 Å². The highest BCUT2D eigenvalue weighted by molar-refractivity contribution is 14.0. The first-order chi connectivity index (χ1) is 11.3. The topological polar surface area (TPSA) is 58.8 Å². The summed E-state index contributed by atoms with van der Waals surface area (Å²) in [6, 6.07) is 8.00. The molecular weight excluding hydrogens is 505 g/mol. The third-order valence-electron chi connectivity index (χ3n) is 3.10. The first kappa shape index (κ1) is 21.5. The van der Waals surface area contributed by atoms with Crippen molar-refractivity contribution in [1.29, 1.82) is 0 Å². The molecule has 0 saturated carbocycles. The summed E-state index contributed by atoms with van der Waals surface area (Å²) < 4.78 is 11.9. The van der Waals surface area contributed by atoms with E-state index >= 15 is 0 Å². The van der Waals surface area contributed by atoms with Gasteiger partial charge in [-0.05, 0) is 53.0 Å². The number of thiophene rings is 1. The Kier molecular flexibility index (Phi) is 11.4. The predicted molar refractivity (Wildman–Crippen MR) is 113 cm³/mol. The van der Waals surface area contributed by atoms with Gasteiger partial charge in [0, 0.05) is 31.6 Å². The first-order valence-corrected chi connectivity index (χ1v) is 9.17. The molecule has 2 heterocycles. The van der Waals surface area contributed by atoms with E-state index in [9.17, 15) is 0 Å². The summed E-state index contributed by atoms with van der Waals surface area (Å²) in [5.74, 6) is 1.68. The Labute approximate surface area is 172 Å². The summed E-state index contributed by atoms with van der Waals surface area (Å²) in [4.78, 5) is 5.57. The van der Waals surface area contributed by atoms with Gasteiger partial charge in [0.2, 0.25) is 0 Å². The highest BCUT2D eigenvalue weighted by Gasteiger charge is 2.00. The van der Waals surface area contributed by atoms with Gasteiger partial charge in [0.1, 0.15) is 12.4 Å². The van der Waals surface area contributed by atoms with Crippen molar-refractivity contribution in [3.05, 3.63) is 45.0 Å². The Morgan fingerprint density at radius 2 is 2.12 bits per heavy atom. The van der Waals surface area contributed by atoms with Crippen LogP contribution in [0.4, 0.5) is 0 Å². The molecule has 2 N–H and O–H groups in total. The van der Waals surface area contributed by atoms with Gasteiger partial charge in [0.15, 0.2) is 5.96 Å². The normalized spacial score (nSPS) is 11.2. The third kappa shape index (κ3) is 8.50. The average Bonchev–Trinajstić information content (AvgIpc) is 3.20. The van der Waals surface area contributed by atoms with E-state index in [4.69, 9.17) is 9.15 Å². The molecule has 0 atom stereocenters. The fourth-order valence-corrected chi connectivity index (χ4v) is 3.44. The number of furan rings is 1. The third-order valence-corrected chi connectivity index (χ3v) is 4.78. The zero-order valence-corrected chi connectivity index (χ0v) is 18.3. The van der Waals surface area contributed by atoms with E-state index < -0.39 is 0 Å². The monoisotopic (exact) mass is 527 g/mol. The van der Waals surface area contributed by atoms with Crippen LogP contribution in [0.2, 0.25) is 0 Å². The second-order valence-corrected chi connectivity index (χ2v) is 7.41. The van der Waals surface area contributed by atoms with Crippen molar-refractivity contribution in [2.45, 2.75) is 19.4 Å². The van der Waals surface area contributed by atoms with Crippen LogP contribution in [0, 0.1) is 0 Å². The molecule has 5 nitrogen and oxygen atoms in total. The van der Waals surface area contributed by atoms with E-state index in [-0.39, 0.29) is 24.0 Å². The smallest absolute Gasteiger partial charge is 0.190 e. The number of halogens is 2. The minimum absolute atomic E-state index is 0. The molecule has 0 saturated heterocycles. The Balaban J connectivity index is 0.00000288. The van der Waals surface area contributed by atoms with Gasteiger partial charge in [-0.1, -0.05) is 0 Å². The van der Waals surface area contributed by atoms with E-state index in [1.54, 1.807) is 24.6 Å². The van der Waals surface area contributed by atoms with Gasteiger partial charge in [-0.2, -0.15) is 0 Å². The maximum absolute atomic E-state index is 5.54. The number of hydrogen-bond acceptors (Lipinski definition) is 4. The van der Waals surface area contributed by atoms with E-state index in [1.807, 2.05) is 12.1 Å². The maximum atomic E-state index is 5.54. The van der Waals surface area contributed by atoms with E-state index in [2.05, 4.69) is 43.7 Å². The number of ether oxygens (including phenoxy) is 1. The predicted octanol–water partition coefficient (Wildman–Crippen LogP) is 4.04. The number of nitrogens with one attached hydrogen (secondary N) is 2. The van der Waals surface area contributed by atoms with Crippen LogP contribution in [-0.2, 0) is 17.8 Å². The standard InChI is InChI=1S/C16H22BrN3O2S.HI/c1-18-16(20-9-7-14-5-6-15(17)23-14)19-8-3-10-21-12-13-4-2-11-22-13;/h2,4-6,11H,3,7-10,12H2,1H3,(H2,18,19,20);1H. The second-order valence-electron chi connectivity index (χ2n) is 4.87. The Morgan fingerprint density at radius 1 is 1.29 bits per heavy atom. The molecule has 0 spiro atoms. The Bertz CT molecular complexity index is 590. The van der Waals surface area contributed by atoms with Gasteiger partial charge < -0.3 is 19.8 Å². The molecule has 0 aliphatic carbocycles. The number of rotatable bonds is 9. The molecule has 0 amide bonds. The van der Waals surface area contributed by atoms with Crippen molar-refractivity contribution in [3.63, 3.8) is 0 Å². The summed E-state index contributed by atoms with van der Waals surface area (Å²) in [5.41, 5.74) is 0. The van der Waals surface area contributed by atoms with Crippen molar-refractivity contribution < 1.29 is 9.15 Å². The van der Waals surface area contributed by atoms with Crippen molar-refractivity contribution in [2.75, 3.05) is 26.7 Å². The number of aliphatic imine (C=N–C) groups is 1. The fourth-order valence-electron chi connectivity index (χ4n) is 1.96. The number of guanidine groups is 1. The molecule has 0 aliphatic rings. The van der Waals surface area contributed by atoms with Crippen molar-refractivity contribution in [2.24, 2.45) is 4.99 Å². The van der Waals surface area contributed by atoms with E-state index in [1.165, 1.54) is 8.66 Å². The molecule has 0 fully saturated rings. The van der Waals surface area contributed by atoms with Crippen LogP contribution in [-0.4, -0.2) is 32.7 Å². The zero-order valence-electron chi connectivity index (χ0n) is 13.6. The molecule has 0 radical (unpaired) electrons. The lowest BCUT2D eigenvalue weighted by Crippen LogP contribution is -2.38. The highest BCUT2D eigenvalue weighted by atomic mass is 127. The van der Waals surface area contributed by atoms with Gasteiger partial charge in [0.05, 0.1) is 10.0 Å². The van der Waals surface area contributed by atoms with Gasteiger partial charge in [-0.25, -0.2) is 0 Å². The quantitative estimate of drug-likeness (QED) is 0.224. The highest BCUT2D eigenvalue weighted by Crippen LogP contribution is 2.21. The van der Waals surface area contributed by atoms with Crippen LogP contribution >= 0.6 is 51.2 Å². The van der Waals surface area contributed by atoms with E-state index in [0.717, 1.165) is 37.7 Å². The minimum Gasteiger partial charge on any atom is -0.467 e. The maximum Gasteiger partial charge on any atom is 0.190 e. The number of hydrogen-bond donors (Lipinski definition) is 2. The Morgan fingerprint density at radius 3 is 2.79 bits per heavy atom. The van der Waals surface area contributed by atoms with Crippen LogP contribution < -0.4 is 10.6 Å². The van der Waals surface area contributed by atoms with Crippen LogP contribution in [0.1, 0.15) is 17.1 Å². The van der Waals surface area contributed by atoms with Crippen LogP contribution in [0.15, 0.2) is 43.7 Å². The summed E-state index contributed by atoms with van der Waals surface area (Å²) in [7, 11) is 1.78. The summed E-state index contributed by atoms with van der Waals surface area (Å²) in [6.45, 7) is 2.90. The summed E-state index contributed by atoms with van der Waals surface area (Å²) in [6.07, 6.45) is 3.56. The average molecular weight is 528 g/mol. The van der Waals surface area contributed by atoms with Crippen LogP contribution in [0.5, 0.6) is 0 Å². The SMILES string of the molecule is CN=C(NCCCOCc1ccco1)NCCc1ccc(Br)s1.I.